The highest BCUT2D eigenvalue weighted by atomic mass is 35.5. The fourth-order valence-corrected chi connectivity index (χ4v) is 4.70. The fraction of sp³-hybridized carbons (Fsp3) is 0.455. The lowest BCUT2D eigenvalue weighted by Gasteiger charge is -2.15. The lowest BCUT2D eigenvalue weighted by atomic mass is 10.2. The Morgan fingerprint density at radius 3 is 2.35 bits per heavy atom. The van der Waals surface area contributed by atoms with Crippen LogP contribution in [0.2, 0.25) is 5.02 Å². The number of anilines is 1. The van der Waals surface area contributed by atoms with Crippen molar-refractivity contribution in [1.29, 1.82) is 0 Å². The SMILES string of the molecule is Cc1c(N)cc(Cl)cc1S(=O)(=O)NC(C)CS(C)(=O)=O. The van der Waals surface area contributed by atoms with Crippen molar-refractivity contribution in [2.45, 2.75) is 24.8 Å². The summed E-state index contributed by atoms with van der Waals surface area (Å²) in [5, 5.41) is 0.198. The van der Waals surface area contributed by atoms with E-state index in [4.69, 9.17) is 17.3 Å². The highest BCUT2D eigenvalue weighted by Gasteiger charge is 2.23. The highest BCUT2D eigenvalue weighted by molar-refractivity contribution is 7.91. The molecule has 1 atom stereocenters. The summed E-state index contributed by atoms with van der Waals surface area (Å²) in [5.41, 5.74) is 6.31. The number of benzene rings is 1. The van der Waals surface area contributed by atoms with Crippen LogP contribution >= 0.6 is 11.6 Å². The number of nitrogens with one attached hydrogen (secondary N) is 1. The van der Waals surface area contributed by atoms with Gasteiger partial charge in [-0.3, -0.25) is 0 Å². The van der Waals surface area contributed by atoms with Gasteiger partial charge < -0.3 is 5.73 Å². The normalized spacial score (nSPS) is 14.2. The van der Waals surface area contributed by atoms with Crippen LogP contribution in [-0.4, -0.2) is 34.9 Å². The van der Waals surface area contributed by atoms with E-state index < -0.39 is 25.9 Å². The van der Waals surface area contributed by atoms with E-state index in [2.05, 4.69) is 4.72 Å². The van der Waals surface area contributed by atoms with Gasteiger partial charge in [-0.1, -0.05) is 11.6 Å². The molecule has 0 aliphatic carbocycles. The zero-order chi connectivity index (χ0) is 15.7. The molecule has 3 N–H and O–H groups in total. The predicted octanol–water partition coefficient (Wildman–Crippen LogP) is 0.942. The minimum atomic E-state index is -3.89. The molecule has 6 nitrogen and oxygen atoms in total. The first-order chi connectivity index (χ1) is 8.92. The summed E-state index contributed by atoms with van der Waals surface area (Å²) in [6.07, 6.45) is 1.04. The summed E-state index contributed by atoms with van der Waals surface area (Å²) in [5.74, 6) is -0.290. The minimum absolute atomic E-state index is 0.0529. The molecule has 0 aromatic heterocycles. The Morgan fingerprint density at radius 2 is 1.85 bits per heavy atom. The summed E-state index contributed by atoms with van der Waals surface area (Å²) < 4.78 is 49.1. The predicted molar refractivity (Wildman–Crippen MR) is 80.1 cm³/mol. The van der Waals surface area contributed by atoms with Crippen LogP contribution in [0.3, 0.4) is 0 Å². The van der Waals surface area contributed by atoms with Crippen LogP contribution in [0.15, 0.2) is 17.0 Å². The molecule has 1 unspecified atom stereocenters. The Kier molecular flexibility index (Phi) is 5.07. The first-order valence-electron chi connectivity index (χ1n) is 5.68. The summed E-state index contributed by atoms with van der Waals surface area (Å²) in [6.45, 7) is 3.03. The van der Waals surface area contributed by atoms with Crippen molar-refractivity contribution >= 4 is 37.1 Å². The van der Waals surface area contributed by atoms with Crippen LogP contribution in [0.4, 0.5) is 5.69 Å². The summed E-state index contributed by atoms with van der Waals surface area (Å²) in [7, 11) is -7.17. The van der Waals surface area contributed by atoms with E-state index in [-0.39, 0.29) is 21.4 Å². The van der Waals surface area contributed by atoms with Crippen LogP contribution < -0.4 is 10.5 Å². The van der Waals surface area contributed by atoms with E-state index in [9.17, 15) is 16.8 Å². The molecular weight excluding hydrogens is 324 g/mol. The quantitative estimate of drug-likeness (QED) is 0.776. The molecule has 0 amide bonds. The topological polar surface area (TPSA) is 106 Å². The standard InChI is InChI=1S/C11H17ClN2O4S2/c1-7(6-19(3,15)16)14-20(17,18)11-5-9(12)4-10(13)8(11)2/h4-5,7,14H,6,13H2,1-3H3. The first-order valence-corrected chi connectivity index (χ1v) is 9.60. The number of sulfonamides is 1. The second-order valence-electron chi connectivity index (χ2n) is 4.73. The van der Waals surface area contributed by atoms with Gasteiger partial charge in [0, 0.05) is 23.0 Å². The van der Waals surface area contributed by atoms with Gasteiger partial charge in [-0.15, -0.1) is 0 Å². The Hall–Kier alpha value is -0.830. The molecule has 0 aliphatic rings. The highest BCUT2D eigenvalue weighted by Crippen LogP contribution is 2.26. The van der Waals surface area contributed by atoms with Crippen molar-refractivity contribution in [3.05, 3.63) is 22.7 Å². The second kappa shape index (κ2) is 5.88. The molecule has 9 heteroatoms. The molecular formula is C11H17ClN2O4S2. The van der Waals surface area contributed by atoms with Gasteiger partial charge in [0.2, 0.25) is 10.0 Å². The van der Waals surface area contributed by atoms with Crippen molar-refractivity contribution in [3.8, 4) is 0 Å². The third-order valence-corrected chi connectivity index (χ3v) is 5.60. The lowest BCUT2D eigenvalue weighted by Crippen LogP contribution is -2.37. The number of hydrogen-bond acceptors (Lipinski definition) is 5. The molecule has 1 aromatic rings. The molecule has 0 bridgehead atoms. The molecule has 1 aromatic carbocycles. The molecule has 20 heavy (non-hydrogen) atoms. The molecule has 0 aliphatic heterocycles. The van der Waals surface area contributed by atoms with Crippen LogP contribution in [-0.2, 0) is 19.9 Å². The van der Waals surface area contributed by atoms with E-state index in [1.54, 1.807) is 6.92 Å². The molecule has 0 fully saturated rings. The maximum absolute atomic E-state index is 12.2. The number of nitrogen functional groups attached to an aromatic ring is 1. The van der Waals surface area contributed by atoms with Crippen molar-refractivity contribution in [3.63, 3.8) is 0 Å². The second-order valence-corrected chi connectivity index (χ2v) is 9.04. The number of halogens is 1. The van der Waals surface area contributed by atoms with Gasteiger partial charge in [-0.25, -0.2) is 21.6 Å². The van der Waals surface area contributed by atoms with Crippen LogP contribution in [0.1, 0.15) is 12.5 Å². The molecule has 0 heterocycles. The maximum atomic E-state index is 12.2. The number of nitrogens with two attached hydrogens (primary N) is 1. The van der Waals surface area contributed by atoms with E-state index >= 15 is 0 Å². The van der Waals surface area contributed by atoms with Gasteiger partial charge in [0.25, 0.3) is 0 Å². The van der Waals surface area contributed by atoms with Crippen molar-refractivity contribution in [2.75, 3.05) is 17.7 Å². The third-order valence-electron chi connectivity index (χ3n) is 2.56. The lowest BCUT2D eigenvalue weighted by molar-refractivity contribution is 0.564. The number of rotatable bonds is 5. The van der Waals surface area contributed by atoms with Gasteiger partial charge in [0.1, 0.15) is 9.84 Å². The Labute approximate surface area is 124 Å². The molecule has 0 spiro atoms. The summed E-state index contributed by atoms with van der Waals surface area (Å²) in [6, 6.07) is 1.98. The Bertz CT molecular complexity index is 714. The zero-order valence-corrected chi connectivity index (χ0v) is 13.7. The monoisotopic (exact) mass is 340 g/mol. The van der Waals surface area contributed by atoms with E-state index in [0.29, 0.717) is 5.56 Å². The third kappa shape index (κ3) is 4.62. The van der Waals surface area contributed by atoms with Gasteiger partial charge in [-0.05, 0) is 31.5 Å². The fourth-order valence-electron chi connectivity index (χ4n) is 1.77. The first kappa shape index (κ1) is 17.2. The molecule has 1 rings (SSSR count). The number of hydrogen-bond donors (Lipinski definition) is 2. The summed E-state index contributed by atoms with van der Waals surface area (Å²) >= 11 is 5.80. The minimum Gasteiger partial charge on any atom is -0.398 e. The molecule has 114 valence electrons. The van der Waals surface area contributed by atoms with Crippen LogP contribution in [0, 0.1) is 6.92 Å². The molecule has 0 saturated carbocycles. The van der Waals surface area contributed by atoms with E-state index in [0.717, 1.165) is 6.26 Å². The van der Waals surface area contributed by atoms with Crippen LogP contribution in [0.5, 0.6) is 0 Å². The average molecular weight is 341 g/mol. The van der Waals surface area contributed by atoms with E-state index in [1.807, 2.05) is 0 Å². The van der Waals surface area contributed by atoms with Crippen LogP contribution in [0.25, 0.3) is 0 Å². The molecule has 0 saturated heterocycles. The summed E-state index contributed by atoms with van der Waals surface area (Å²) in [4.78, 5) is -0.0529. The smallest absolute Gasteiger partial charge is 0.241 e. The molecule has 0 radical (unpaired) electrons. The van der Waals surface area contributed by atoms with Gasteiger partial charge >= 0.3 is 0 Å². The van der Waals surface area contributed by atoms with Gasteiger partial charge in [0.15, 0.2) is 0 Å². The Balaban J connectivity index is 3.13. The van der Waals surface area contributed by atoms with Crippen molar-refractivity contribution in [2.24, 2.45) is 0 Å². The maximum Gasteiger partial charge on any atom is 0.241 e. The van der Waals surface area contributed by atoms with Crippen molar-refractivity contribution in [1.82, 2.24) is 4.72 Å². The van der Waals surface area contributed by atoms with Gasteiger partial charge in [0.05, 0.1) is 10.6 Å². The van der Waals surface area contributed by atoms with Gasteiger partial charge in [-0.2, -0.15) is 0 Å². The largest absolute Gasteiger partial charge is 0.398 e. The average Bonchev–Trinajstić information content (AvgIpc) is 2.19. The zero-order valence-electron chi connectivity index (χ0n) is 11.3. The number of sulfone groups is 1. The van der Waals surface area contributed by atoms with E-state index in [1.165, 1.54) is 19.1 Å². The Morgan fingerprint density at radius 1 is 1.30 bits per heavy atom. The van der Waals surface area contributed by atoms with Crippen molar-refractivity contribution < 1.29 is 16.8 Å².